The van der Waals surface area contributed by atoms with E-state index in [1.807, 2.05) is 59.3 Å². The van der Waals surface area contributed by atoms with Gasteiger partial charge in [0.2, 0.25) is 5.95 Å². The maximum absolute atomic E-state index is 4.58. The van der Waals surface area contributed by atoms with Crippen molar-refractivity contribution in [3.63, 3.8) is 0 Å². The minimum atomic E-state index is 0.646. The van der Waals surface area contributed by atoms with Gasteiger partial charge in [0.25, 0.3) is 0 Å². The summed E-state index contributed by atoms with van der Waals surface area (Å²) in [5.74, 6) is 0.646. The first kappa shape index (κ1) is 10.2. The van der Waals surface area contributed by atoms with Crippen LogP contribution < -0.4 is 0 Å². The fourth-order valence-corrected chi connectivity index (χ4v) is 2.20. The van der Waals surface area contributed by atoms with E-state index < -0.39 is 0 Å². The maximum atomic E-state index is 4.58. The quantitative estimate of drug-likeness (QED) is 0.518. The molecule has 0 saturated carbocycles. The van der Waals surface area contributed by atoms with E-state index in [0.29, 0.717) is 5.95 Å². The van der Waals surface area contributed by atoms with Crippen LogP contribution in [-0.2, 0) is 0 Å². The van der Waals surface area contributed by atoms with Crippen molar-refractivity contribution in [3.8, 4) is 5.95 Å². The van der Waals surface area contributed by atoms with E-state index in [4.69, 9.17) is 0 Å². The third kappa shape index (κ3) is 1.57. The van der Waals surface area contributed by atoms with Crippen molar-refractivity contribution in [3.05, 3.63) is 61.1 Å². The monoisotopic (exact) mass is 246 g/mol. The molecule has 0 amide bonds. The number of fused-ring (bicyclic) bond motifs is 2. The lowest BCUT2D eigenvalue weighted by Gasteiger charge is -2.03. The van der Waals surface area contributed by atoms with E-state index in [1.165, 1.54) is 0 Å². The minimum Gasteiger partial charge on any atom is -0.267 e. The smallest absolute Gasteiger partial charge is 0.235 e. The Balaban J connectivity index is 1.99. The van der Waals surface area contributed by atoms with Crippen LogP contribution in [0.15, 0.2) is 61.1 Å². The number of para-hydroxylation sites is 3. The largest absolute Gasteiger partial charge is 0.267 e. The molecule has 0 unspecified atom stereocenters. The number of imidazole rings is 1. The topological polar surface area (TPSA) is 43.6 Å². The summed E-state index contributed by atoms with van der Waals surface area (Å²) < 4.78 is 1.90. The van der Waals surface area contributed by atoms with Crippen LogP contribution in [0.4, 0.5) is 0 Å². The van der Waals surface area contributed by atoms with E-state index in [1.54, 1.807) is 6.33 Å². The molecule has 4 heteroatoms. The number of hydrogen-bond donors (Lipinski definition) is 0. The standard InChI is InChI=1S/C15H10N4/c1-2-6-12-11(5-1)9-16-15(18-12)19-10-17-13-7-3-4-8-14(13)19/h1-10H. The first-order valence-corrected chi connectivity index (χ1v) is 6.06. The molecule has 0 aliphatic rings. The predicted octanol–water partition coefficient (Wildman–Crippen LogP) is 2.97. The molecule has 0 aliphatic carbocycles. The molecular weight excluding hydrogens is 236 g/mol. The van der Waals surface area contributed by atoms with Gasteiger partial charge in [-0.15, -0.1) is 0 Å². The van der Waals surface area contributed by atoms with E-state index in [-0.39, 0.29) is 0 Å². The molecule has 0 fully saturated rings. The van der Waals surface area contributed by atoms with Crippen LogP contribution in [0.2, 0.25) is 0 Å². The van der Waals surface area contributed by atoms with Crippen LogP contribution in [0.25, 0.3) is 27.9 Å². The molecule has 4 rings (SSSR count). The molecule has 0 saturated heterocycles. The Kier molecular flexibility index (Phi) is 2.08. The van der Waals surface area contributed by atoms with Gasteiger partial charge >= 0.3 is 0 Å². The Labute approximate surface area is 109 Å². The van der Waals surface area contributed by atoms with Gasteiger partial charge in [-0.05, 0) is 18.2 Å². The van der Waals surface area contributed by atoms with Crippen molar-refractivity contribution in [2.75, 3.05) is 0 Å². The van der Waals surface area contributed by atoms with Crippen LogP contribution in [0.3, 0.4) is 0 Å². The molecule has 90 valence electrons. The SMILES string of the molecule is c1ccc2nc(-n3cnc4ccccc43)ncc2c1. The van der Waals surface area contributed by atoms with Crippen molar-refractivity contribution in [1.29, 1.82) is 0 Å². The second-order valence-electron chi connectivity index (χ2n) is 4.33. The summed E-state index contributed by atoms with van der Waals surface area (Å²) in [6.45, 7) is 0. The second-order valence-corrected chi connectivity index (χ2v) is 4.33. The van der Waals surface area contributed by atoms with Crippen molar-refractivity contribution in [1.82, 2.24) is 19.5 Å². The summed E-state index contributed by atoms with van der Waals surface area (Å²) in [6.07, 6.45) is 3.60. The fraction of sp³-hybridized carbons (Fsp3) is 0. The van der Waals surface area contributed by atoms with Crippen molar-refractivity contribution < 1.29 is 0 Å². The zero-order valence-corrected chi connectivity index (χ0v) is 10.1. The molecule has 2 aromatic heterocycles. The lowest BCUT2D eigenvalue weighted by atomic mass is 10.2. The molecule has 0 N–H and O–H groups in total. The Morgan fingerprint density at radius 3 is 2.53 bits per heavy atom. The average Bonchev–Trinajstić information content (AvgIpc) is 2.91. The third-order valence-electron chi connectivity index (χ3n) is 3.15. The van der Waals surface area contributed by atoms with Gasteiger partial charge < -0.3 is 0 Å². The van der Waals surface area contributed by atoms with Gasteiger partial charge in [0.05, 0.1) is 16.6 Å². The van der Waals surface area contributed by atoms with E-state index >= 15 is 0 Å². The van der Waals surface area contributed by atoms with Crippen LogP contribution in [0, 0.1) is 0 Å². The predicted molar refractivity (Wildman–Crippen MR) is 74.2 cm³/mol. The number of rotatable bonds is 1. The van der Waals surface area contributed by atoms with Gasteiger partial charge in [-0.25, -0.2) is 15.0 Å². The molecule has 0 bridgehead atoms. The van der Waals surface area contributed by atoms with Gasteiger partial charge in [-0.3, -0.25) is 4.57 Å². The summed E-state index contributed by atoms with van der Waals surface area (Å²) in [7, 11) is 0. The third-order valence-corrected chi connectivity index (χ3v) is 3.15. The average molecular weight is 246 g/mol. The summed E-state index contributed by atoms with van der Waals surface area (Å²) >= 11 is 0. The van der Waals surface area contributed by atoms with Gasteiger partial charge in [0.15, 0.2) is 0 Å². The van der Waals surface area contributed by atoms with Gasteiger partial charge in [0.1, 0.15) is 6.33 Å². The minimum absolute atomic E-state index is 0.646. The molecule has 4 aromatic rings. The Bertz CT molecular complexity index is 879. The van der Waals surface area contributed by atoms with Crippen molar-refractivity contribution in [2.45, 2.75) is 0 Å². The van der Waals surface area contributed by atoms with Crippen molar-refractivity contribution in [2.24, 2.45) is 0 Å². The molecular formula is C15H10N4. The molecule has 19 heavy (non-hydrogen) atoms. The fourth-order valence-electron chi connectivity index (χ4n) is 2.20. The highest BCUT2D eigenvalue weighted by molar-refractivity contribution is 5.79. The highest BCUT2D eigenvalue weighted by Crippen LogP contribution is 2.17. The number of hydrogen-bond acceptors (Lipinski definition) is 3. The number of aromatic nitrogens is 4. The Morgan fingerprint density at radius 2 is 1.58 bits per heavy atom. The molecule has 0 radical (unpaired) electrons. The van der Waals surface area contributed by atoms with Gasteiger partial charge in [0, 0.05) is 11.6 Å². The zero-order chi connectivity index (χ0) is 12.7. The molecule has 2 heterocycles. The van der Waals surface area contributed by atoms with E-state index in [9.17, 15) is 0 Å². The van der Waals surface area contributed by atoms with Crippen LogP contribution in [-0.4, -0.2) is 19.5 Å². The van der Waals surface area contributed by atoms with Crippen LogP contribution in [0.5, 0.6) is 0 Å². The van der Waals surface area contributed by atoms with Gasteiger partial charge in [-0.1, -0.05) is 30.3 Å². The summed E-state index contributed by atoms with van der Waals surface area (Å²) in [6, 6.07) is 15.9. The summed E-state index contributed by atoms with van der Waals surface area (Å²) in [4.78, 5) is 13.3. The molecule has 4 nitrogen and oxygen atoms in total. The lowest BCUT2D eigenvalue weighted by Crippen LogP contribution is -1.99. The van der Waals surface area contributed by atoms with Crippen LogP contribution in [0.1, 0.15) is 0 Å². The molecule has 0 spiro atoms. The first-order valence-electron chi connectivity index (χ1n) is 6.06. The highest BCUT2D eigenvalue weighted by Gasteiger charge is 2.06. The second kappa shape index (κ2) is 3.88. The van der Waals surface area contributed by atoms with E-state index in [2.05, 4.69) is 15.0 Å². The Hall–Kier alpha value is -2.75. The number of nitrogens with zero attached hydrogens (tertiary/aromatic N) is 4. The van der Waals surface area contributed by atoms with E-state index in [0.717, 1.165) is 21.9 Å². The number of benzene rings is 2. The van der Waals surface area contributed by atoms with Gasteiger partial charge in [-0.2, -0.15) is 0 Å². The first-order chi connectivity index (χ1) is 9.42. The van der Waals surface area contributed by atoms with Crippen LogP contribution >= 0.6 is 0 Å². The summed E-state index contributed by atoms with van der Waals surface area (Å²) in [5, 5.41) is 1.04. The molecule has 2 aromatic carbocycles. The normalized spacial score (nSPS) is 11.2. The molecule has 0 aliphatic heterocycles. The Morgan fingerprint density at radius 1 is 0.789 bits per heavy atom. The maximum Gasteiger partial charge on any atom is 0.235 e. The molecule has 0 atom stereocenters. The highest BCUT2D eigenvalue weighted by atomic mass is 15.2. The summed E-state index contributed by atoms with van der Waals surface area (Å²) in [5.41, 5.74) is 2.89. The lowest BCUT2D eigenvalue weighted by molar-refractivity contribution is 0.966. The van der Waals surface area contributed by atoms with Crippen molar-refractivity contribution >= 4 is 21.9 Å². The zero-order valence-electron chi connectivity index (χ0n) is 10.1.